The van der Waals surface area contributed by atoms with Crippen molar-refractivity contribution in [3.05, 3.63) is 28.8 Å². The van der Waals surface area contributed by atoms with E-state index >= 15 is 0 Å². The molecule has 2 nitrogen and oxygen atoms in total. The summed E-state index contributed by atoms with van der Waals surface area (Å²) in [6.45, 7) is 4.73. The molecule has 3 heteroatoms. The van der Waals surface area contributed by atoms with Crippen LogP contribution in [-0.2, 0) is 6.42 Å². The Balaban J connectivity index is 1.72. The van der Waals surface area contributed by atoms with Gasteiger partial charge < -0.3 is 10.2 Å². The molecule has 1 saturated heterocycles. The molecular formula is C14H19ClN2. The molecule has 0 amide bonds. The van der Waals surface area contributed by atoms with E-state index in [4.69, 9.17) is 11.6 Å². The van der Waals surface area contributed by atoms with Gasteiger partial charge in [-0.25, -0.2) is 0 Å². The second-order valence-corrected chi connectivity index (χ2v) is 5.60. The molecule has 0 spiro atoms. The van der Waals surface area contributed by atoms with Crippen molar-refractivity contribution in [1.29, 1.82) is 0 Å². The number of fused-ring (bicyclic) bond motifs is 1. The second kappa shape index (κ2) is 4.87. The van der Waals surface area contributed by atoms with Crippen molar-refractivity contribution in [2.45, 2.75) is 19.3 Å². The van der Waals surface area contributed by atoms with E-state index in [1.165, 1.54) is 56.7 Å². The number of halogens is 1. The summed E-state index contributed by atoms with van der Waals surface area (Å²) >= 11 is 6.09. The monoisotopic (exact) mass is 250 g/mol. The Kier molecular flexibility index (Phi) is 3.26. The fraction of sp³-hybridized carbons (Fsp3) is 0.571. The van der Waals surface area contributed by atoms with E-state index in [1.807, 2.05) is 6.07 Å². The molecule has 1 N–H and O–H groups in total. The van der Waals surface area contributed by atoms with Crippen LogP contribution in [0.4, 0.5) is 5.69 Å². The highest BCUT2D eigenvalue weighted by Gasteiger charge is 2.23. The predicted molar refractivity (Wildman–Crippen MR) is 73.0 cm³/mol. The predicted octanol–water partition coefficient (Wildman–Crippen LogP) is 2.70. The molecule has 1 fully saturated rings. The molecule has 1 aromatic rings. The summed E-state index contributed by atoms with van der Waals surface area (Å²) in [6, 6.07) is 6.32. The van der Waals surface area contributed by atoms with Crippen LogP contribution in [0.1, 0.15) is 18.4 Å². The molecular weight excluding hydrogens is 232 g/mol. The van der Waals surface area contributed by atoms with E-state index in [1.54, 1.807) is 0 Å². The van der Waals surface area contributed by atoms with Gasteiger partial charge in [0.25, 0.3) is 0 Å². The molecule has 0 atom stereocenters. The molecule has 92 valence electrons. The molecule has 17 heavy (non-hydrogen) atoms. The van der Waals surface area contributed by atoms with Gasteiger partial charge in [-0.3, -0.25) is 0 Å². The van der Waals surface area contributed by atoms with Gasteiger partial charge in [0.1, 0.15) is 0 Å². The van der Waals surface area contributed by atoms with Crippen LogP contribution in [0, 0.1) is 5.92 Å². The van der Waals surface area contributed by atoms with Crippen LogP contribution in [0.15, 0.2) is 18.2 Å². The van der Waals surface area contributed by atoms with Gasteiger partial charge in [-0.1, -0.05) is 17.7 Å². The lowest BCUT2D eigenvalue weighted by molar-refractivity contribution is 0.375. The number of hydrogen-bond donors (Lipinski definition) is 1. The third kappa shape index (κ3) is 2.43. The van der Waals surface area contributed by atoms with Crippen molar-refractivity contribution >= 4 is 17.3 Å². The van der Waals surface area contributed by atoms with Gasteiger partial charge in [0.05, 0.1) is 0 Å². The zero-order valence-corrected chi connectivity index (χ0v) is 10.8. The van der Waals surface area contributed by atoms with Crippen LogP contribution in [-0.4, -0.2) is 26.2 Å². The summed E-state index contributed by atoms with van der Waals surface area (Å²) in [4.78, 5) is 2.52. The summed E-state index contributed by atoms with van der Waals surface area (Å²) in [5, 5.41) is 4.29. The number of anilines is 1. The maximum atomic E-state index is 6.09. The number of benzene rings is 1. The van der Waals surface area contributed by atoms with Gasteiger partial charge in [-0.2, -0.15) is 0 Å². The number of rotatable bonds is 2. The van der Waals surface area contributed by atoms with Gasteiger partial charge in [-0.15, -0.1) is 0 Å². The minimum absolute atomic E-state index is 0.848. The van der Waals surface area contributed by atoms with E-state index in [0.29, 0.717) is 0 Å². The molecule has 2 aliphatic rings. The molecule has 0 unspecified atom stereocenters. The summed E-state index contributed by atoms with van der Waals surface area (Å²) in [6.07, 6.45) is 3.80. The van der Waals surface area contributed by atoms with Gasteiger partial charge in [0, 0.05) is 23.8 Å². The fourth-order valence-electron chi connectivity index (χ4n) is 2.98. The van der Waals surface area contributed by atoms with Crippen molar-refractivity contribution in [2.75, 3.05) is 31.1 Å². The minimum atomic E-state index is 0.848. The van der Waals surface area contributed by atoms with Crippen molar-refractivity contribution in [3.63, 3.8) is 0 Å². The molecule has 2 aliphatic heterocycles. The van der Waals surface area contributed by atoms with E-state index in [-0.39, 0.29) is 0 Å². The number of nitrogens with zero attached hydrogens (tertiary/aromatic N) is 1. The summed E-state index contributed by atoms with van der Waals surface area (Å²) in [7, 11) is 0. The average Bonchev–Trinajstić information content (AvgIpc) is 2.73. The van der Waals surface area contributed by atoms with Gasteiger partial charge in [-0.05, 0) is 56.0 Å². The van der Waals surface area contributed by atoms with Gasteiger partial charge in [0.15, 0.2) is 0 Å². The molecule has 0 saturated carbocycles. The Morgan fingerprint density at radius 3 is 2.94 bits per heavy atom. The zero-order chi connectivity index (χ0) is 11.7. The van der Waals surface area contributed by atoms with Crippen molar-refractivity contribution in [3.8, 4) is 0 Å². The number of nitrogens with one attached hydrogen (secondary N) is 1. The van der Waals surface area contributed by atoms with Crippen molar-refractivity contribution < 1.29 is 0 Å². The Morgan fingerprint density at radius 2 is 2.12 bits per heavy atom. The van der Waals surface area contributed by atoms with Gasteiger partial charge >= 0.3 is 0 Å². The summed E-state index contributed by atoms with van der Waals surface area (Å²) < 4.78 is 0. The first-order chi connectivity index (χ1) is 8.33. The molecule has 2 heterocycles. The lowest BCUT2D eigenvalue weighted by Gasteiger charge is -2.29. The van der Waals surface area contributed by atoms with Gasteiger partial charge in [0.2, 0.25) is 0 Å². The van der Waals surface area contributed by atoms with Crippen LogP contribution >= 0.6 is 11.6 Å². The lowest BCUT2D eigenvalue weighted by atomic mass is 9.97. The maximum absolute atomic E-state index is 6.09. The Hall–Kier alpha value is -0.730. The average molecular weight is 251 g/mol. The summed E-state index contributed by atoms with van der Waals surface area (Å²) in [5.74, 6) is 0.848. The molecule has 0 aliphatic carbocycles. The largest absolute Gasteiger partial charge is 0.371 e. The highest BCUT2D eigenvalue weighted by molar-refractivity contribution is 6.30. The van der Waals surface area contributed by atoms with Crippen LogP contribution in [0.25, 0.3) is 0 Å². The topological polar surface area (TPSA) is 15.3 Å². The molecule has 0 aromatic heterocycles. The van der Waals surface area contributed by atoms with Crippen molar-refractivity contribution in [1.82, 2.24) is 5.32 Å². The first-order valence-corrected chi connectivity index (χ1v) is 6.95. The first kappa shape index (κ1) is 11.4. The van der Waals surface area contributed by atoms with Crippen LogP contribution in [0.5, 0.6) is 0 Å². The molecule has 0 bridgehead atoms. The minimum Gasteiger partial charge on any atom is -0.371 e. The number of hydrogen-bond acceptors (Lipinski definition) is 2. The quantitative estimate of drug-likeness (QED) is 0.868. The SMILES string of the molecule is Clc1ccc2c(c1)N(CC1CCNCC1)CC2. The fourth-order valence-corrected chi connectivity index (χ4v) is 3.15. The Labute approximate surface area is 108 Å². The van der Waals surface area contributed by atoms with Crippen molar-refractivity contribution in [2.24, 2.45) is 5.92 Å². The molecule has 0 radical (unpaired) electrons. The first-order valence-electron chi connectivity index (χ1n) is 6.57. The summed E-state index contributed by atoms with van der Waals surface area (Å²) in [5.41, 5.74) is 2.83. The lowest BCUT2D eigenvalue weighted by Crippen LogP contribution is -2.35. The van der Waals surface area contributed by atoms with E-state index in [9.17, 15) is 0 Å². The van der Waals surface area contributed by atoms with E-state index in [2.05, 4.69) is 22.3 Å². The second-order valence-electron chi connectivity index (χ2n) is 5.16. The zero-order valence-electron chi connectivity index (χ0n) is 10.1. The molecule has 3 rings (SSSR count). The van der Waals surface area contributed by atoms with Crippen LogP contribution < -0.4 is 10.2 Å². The van der Waals surface area contributed by atoms with E-state index in [0.717, 1.165) is 10.9 Å². The maximum Gasteiger partial charge on any atom is 0.0426 e. The Morgan fingerprint density at radius 1 is 1.29 bits per heavy atom. The standard InChI is InChI=1S/C14H19ClN2/c15-13-2-1-12-5-8-17(14(12)9-13)10-11-3-6-16-7-4-11/h1-2,9,11,16H,3-8,10H2. The normalized spacial score (nSPS) is 20.6. The highest BCUT2D eigenvalue weighted by atomic mass is 35.5. The third-order valence-corrected chi connectivity index (χ3v) is 4.21. The third-order valence-electron chi connectivity index (χ3n) is 3.98. The highest BCUT2D eigenvalue weighted by Crippen LogP contribution is 2.32. The van der Waals surface area contributed by atoms with E-state index < -0.39 is 0 Å². The Bertz CT molecular complexity index is 399. The number of piperidine rings is 1. The molecule has 1 aromatic carbocycles. The van der Waals surface area contributed by atoms with Crippen LogP contribution in [0.3, 0.4) is 0 Å². The smallest absolute Gasteiger partial charge is 0.0426 e. The van der Waals surface area contributed by atoms with Crippen LogP contribution in [0.2, 0.25) is 5.02 Å².